The Morgan fingerprint density at radius 1 is 0.931 bits per heavy atom. The van der Waals surface area contributed by atoms with Crippen molar-refractivity contribution in [3.63, 3.8) is 0 Å². The van der Waals surface area contributed by atoms with Gasteiger partial charge in [-0.3, -0.25) is 4.79 Å². The SMILES string of the molecule is COc1ccccc1NC(=O)[C@@]12CC[C@](C)(c3nc4ccccc4nc31)C2(C)C. The van der Waals surface area contributed by atoms with Crippen LogP contribution in [0.2, 0.25) is 0 Å². The summed E-state index contributed by atoms with van der Waals surface area (Å²) in [6.07, 6.45) is 1.68. The summed E-state index contributed by atoms with van der Waals surface area (Å²) in [6, 6.07) is 15.4. The number of amides is 1. The molecule has 2 aromatic carbocycles. The number of carbonyl (C=O) groups excluding carboxylic acids is 1. The first kappa shape index (κ1) is 18.1. The second-order valence-corrected chi connectivity index (χ2v) is 8.93. The van der Waals surface area contributed by atoms with Crippen molar-refractivity contribution >= 4 is 22.6 Å². The van der Waals surface area contributed by atoms with Crippen molar-refractivity contribution in [1.82, 2.24) is 9.97 Å². The number of ether oxygens (including phenoxy) is 1. The number of nitrogens with one attached hydrogen (secondary N) is 1. The minimum Gasteiger partial charge on any atom is -0.495 e. The van der Waals surface area contributed by atoms with Gasteiger partial charge in [-0.15, -0.1) is 0 Å². The summed E-state index contributed by atoms with van der Waals surface area (Å²) in [4.78, 5) is 23.9. The van der Waals surface area contributed by atoms with E-state index < -0.39 is 5.41 Å². The van der Waals surface area contributed by atoms with Crippen LogP contribution in [0.15, 0.2) is 48.5 Å². The average molecular weight is 387 g/mol. The summed E-state index contributed by atoms with van der Waals surface area (Å²) in [5.41, 5.74) is 2.97. The molecule has 5 rings (SSSR count). The van der Waals surface area contributed by atoms with E-state index in [9.17, 15) is 4.79 Å². The molecule has 0 aliphatic heterocycles. The molecule has 2 aliphatic rings. The van der Waals surface area contributed by atoms with Crippen molar-refractivity contribution in [2.24, 2.45) is 5.41 Å². The summed E-state index contributed by atoms with van der Waals surface area (Å²) in [5.74, 6) is 0.623. The highest BCUT2D eigenvalue weighted by Gasteiger charge is 2.73. The Bertz CT molecular complexity index is 1160. The van der Waals surface area contributed by atoms with Crippen LogP contribution in [0.5, 0.6) is 5.75 Å². The first-order valence-corrected chi connectivity index (χ1v) is 10.1. The Morgan fingerprint density at radius 3 is 2.24 bits per heavy atom. The fraction of sp³-hybridized carbons (Fsp3) is 0.375. The molecule has 0 spiro atoms. The number of fused-ring (bicyclic) bond motifs is 6. The molecule has 3 aromatic rings. The summed E-state index contributed by atoms with van der Waals surface area (Å²) < 4.78 is 5.44. The molecule has 2 bridgehead atoms. The molecule has 2 aliphatic carbocycles. The average Bonchev–Trinajstić information content (AvgIpc) is 3.02. The number of benzene rings is 2. The number of methoxy groups -OCH3 is 1. The van der Waals surface area contributed by atoms with Gasteiger partial charge < -0.3 is 10.1 Å². The number of aromatic nitrogens is 2. The number of anilines is 1. The number of hydrogen-bond acceptors (Lipinski definition) is 4. The van der Waals surface area contributed by atoms with E-state index in [1.54, 1.807) is 7.11 Å². The van der Waals surface area contributed by atoms with E-state index in [0.717, 1.165) is 35.3 Å². The van der Waals surface area contributed by atoms with Gasteiger partial charge in [-0.2, -0.15) is 0 Å². The van der Waals surface area contributed by atoms with Crippen LogP contribution < -0.4 is 10.1 Å². The monoisotopic (exact) mass is 387 g/mol. The number of para-hydroxylation sites is 4. The zero-order valence-corrected chi connectivity index (χ0v) is 17.2. The van der Waals surface area contributed by atoms with Crippen molar-refractivity contribution in [3.8, 4) is 5.75 Å². The lowest BCUT2D eigenvalue weighted by Gasteiger charge is -2.39. The first-order chi connectivity index (χ1) is 13.8. The van der Waals surface area contributed by atoms with Gasteiger partial charge in [0.05, 0.1) is 40.6 Å². The topological polar surface area (TPSA) is 64.1 Å². The van der Waals surface area contributed by atoms with E-state index in [1.807, 2.05) is 48.5 Å². The lowest BCUT2D eigenvalue weighted by molar-refractivity contribution is -0.125. The molecule has 5 heteroatoms. The van der Waals surface area contributed by atoms with Crippen molar-refractivity contribution in [1.29, 1.82) is 0 Å². The normalized spacial score (nSPS) is 26.3. The molecule has 1 aromatic heterocycles. The predicted molar refractivity (Wildman–Crippen MR) is 113 cm³/mol. The molecule has 2 atom stereocenters. The molecule has 1 fully saturated rings. The van der Waals surface area contributed by atoms with Gasteiger partial charge >= 0.3 is 0 Å². The minimum absolute atomic E-state index is 0.0287. The van der Waals surface area contributed by atoms with Crippen LogP contribution >= 0.6 is 0 Å². The molecule has 0 saturated heterocycles. The third kappa shape index (κ3) is 2.08. The Balaban J connectivity index is 1.70. The summed E-state index contributed by atoms with van der Waals surface area (Å²) in [7, 11) is 1.61. The van der Waals surface area contributed by atoms with Crippen LogP contribution in [0.4, 0.5) is 5.69 Å². The van der Waals surface area contributed by atoms with E-state index in [0.29, 0.717) is 11.4 Å². The highest BCUT2D eigenvalue weighted by molar-refractivity contribution is 6.02. The van der Waals surface area contributed by atoms with Gasteiger partial charge in [0.1, 0.15) is 5.75 Å². The summed E-state index contributed by atoms with van der Waals surface area (Å²) in [5, 5.41) is 3.15. The lowest BCUT2D eigenvalue weighted by atomic mass is 9.63. The molecular weight excluding hydrogens is 362 g/mol. The molecule has 5 nitrogen and oxygen atoms in total. The van der Waals surface area contributed by atoms with Gasteiger partial charge in [-0.05, 0) is 42.5 Å². The third-order valence-corrected chi connectivity index (χ3v) is 7.69. The maximum absolute atomic E-state index is 13.9. The maximum Gasteiger partial charge on any atom is 0.237 e. The summed E-state index contributed by atoms with van der Waals surface area (Å²) in [6.45, 7) is 6.62. The van der Waals surface area contributed by atoms with Gasteiger partial charge in [-0.1, -0.05) is 45.0 Å². The largest absolute Gasteiger partial charge is 0.495 e. The van der Waals surface area contributed by atoms with Crippen LogP contribution in [-0.4, -0.2) is 23.0 Å². The van der Waals surface area contributed by atoms with Crippen LogP contribution in [0.1, 0.15) is 45.0 Å². The lowest BCUT2D eigenvalue weighted by Crippen LogP contribution is -2.48. The molecule has 1 heterocycles. The molecule has 0 unspecified atom stereocenters. The molecule has 1 amide bonds. The van der Waals surface area contributed by atoms with Crippen molar-refractivity contribution in [2.75, 3.05) is 12.4 Å². The van der Waals surface area contributed by atoms with E-state index in [1.165, 1.54) is 0 Å². The van der Waals surface area contributed by atoms with E-state index in [2.05, 4.69) is 26.1 Å². The Hall–Kier alpha value is -2.95. The highest BCUT2D eigenvalue weighted by Crippen LogP contribution is 2.70. The van der Waals surface area contributed by atoms with Gasteiger partial charge in [0, 0.05) is 5.41 Å². The Morgan fingerprint density at radius 2 is 1.55 bits per heavy atom. The van der Waals surface area contributed by atoms with Crippen LogP contribution in [0, 0.1) is 5.41 Å². The first-order valence-electron chi connectivity index (χ1n) is 10.1. The molecule has 148 valence electrons. The van der Waals surface area contributed by atoms with Crippen LogP contribution in [-0.2, 0) is 15.6 Å². The Kier molecular flexibility index (Phi) is 3.61. The quantitative estimate of drug-likeness (QED) is 0.713. The highest BCUT2D eigenvalue weighted by atomic mass is 16.5. The number of nitrogens with zero attached hydrogens (tertiary/aromatic N) is 2. The van der Waals surface area contributed by atoms with Crippen molar-refractivity contribution in [3.05, 3.63) is 59.9 Å². The molecule has 29 heavy (non-hydrogen) atoms. The van der Waals surface area contributed by atoms with Crippen molar-refractivity contribution < 1.29 is 9.53 Å². The third-order valence-electron chi connectivity index (χ3n) is 7.69. The predicted octanol–water partition coefficient (Wildman–Crippen LogP) is 4.61. The van der Waals surface area contributed by atoms with E-state index in [4.69, 9.17) is 14.7 Å². The van der Waals surface area contributed by atoms with Gasteiger partial charge in [0.15, 0.2) is 0 Å². The van der Waals surface area contributed by atoms with E-state index >= 15 is 0 Å². The minimum atomic E-state index is -0.727. The summed E-state index contributed by atoms with van der Waals surface area (Å²) >= 11 is 0. The maximum atomic E-state index is 13.9. The number of rotatable bonds is 3. The van der Waals surface area contributed by atoms with Crippen LogP contribution in [0.25, 0.3) is 11.0 Å². The standard InChI is InChI=1S/C24H25N3O2/c1-22(2)23(3)13-14-24(22,21(28)27-17-11-7-8-12-18(17)29-4)20-19(23)25-15-9-5-6-10-16(15)26-20/h5-12H,13-14H2,1-4H3,(H,27,28)/t23-,24-/m1/s1. The van der Waals surface area contributed by atoms with Gasteiger partial charge in [0.25, 0.3) is 0 Å². The van der Waals surface area contributed by atoms with E-state index in [-0.39, 0.29) is 16.7 Å². The fourth-order valence-electron chi connectivity index (χ4n) is 5.53. The number of hydrogen-bond donors (Lipinski definition) is 1. The zero-order chi connectivity index (χ0) is 20.4. The van der Waals surface area contributed by atoms with Crippen LogP contribution in [0.3, 0.4) is 0 Å². The molecular formula is C24H25N3O2. The van der Waals surface area contributed by atoms with Gasteiger partial charge in [0.2, 0.25) is 5.91 Å². The second kappa shape index (κ2) is 5.78. The smallest absolute Gasteiger partial charge is 0.237 e. The fourth-order valence-corrected chi connectivity index (χ4v) is 5.53. The zero-order valence-electron chi connectivity index (χ0n) is 17.2. The second-order valence-electron chi connectivity index (χ2n) is 8.93. The van der Waals surface area contributed by atoms with Crippen molar-refractivity contribution in [2.45, 2.75) is 44.4 Å². The molecule has 1 N–H and O–H groups in total. The number of carbonyl (C=O) groups is 1. The Labute approximate surface area is 170 Å². The molecule has 1 saturated carbocycles. The molecule has 0 radical (unpaired) electrons. The van der Waals surface area contributed by atoms with Gasteiger partial charge in [-0.25, -0.2) is 9.97 Å².